The first-order valence-corrected chi connectivity index (χ1v) is 9.04. The minimum Gasteiger partial charge on any atom is -0.342 e. The van der Waals surface area contributed by atoms with Crippen molar-refractivity contribution in [3.05, 3.63) is 47.5 Å². The van der Waals surface area contributed by atoms with E-state index in [0.717, 1.165) is 37.2 Å². The number of aromatic nitrogens is 3. The van der Waals surface area contributed by atoms with Crippen LogP contribution in [0.25, 0.3) is 0 Å². The van der Waals surface area contributed by atoms with Crippen LogP contribution in [-0.4, -0.2) is 33.8 Å². The Kier molecular flexibility index (Phi) is 5.48. The van der Waals surface area contributed by atoms with Gasteiger partial charge >= 0.3 is 0 Å². The molecule has 2 atom stereocenters. The van der Waals surface area contributed by atoms with Gasteiger partial charge in [0.25, 0.3) is 5.91 Å². The zero-order chi connectivity index (χ0) is 17.8. The summed E-state index contributed by atoms with van der Waals surface area (Å²) >= 11 is 0. The molecule has 0 saturated carbocycles. The van der Waals surface area contributed by atoms with Gasteiger partial charge in [-0.2, -0.15) is 5.10 Å². The van der Waals surface area contributed by atoms with Gasteiger partial charge in [0.15, 0.2) is 0 Å². The number of piperidine rings is 1. The lowest BCUT2D eigenvalue weighted by Gasteiger charge is -2.23. The SMILES string of the molecule is Cc1cccnc1C(NC(=O)c1ccn(C2CCCNC2)n1)C(C)C. The first-order valence-electron chi connectivity index (χ1n) is 9.04. The van der Waals surface area contributed by atoms with Gasteiger partial charge in [-0.3, -0.25) is 14.5 Å². The summed E-state index contributed by atoms with van der Waals surface area (Å²) in [5, 5.41) is 11.0. The van der Waals surface area contributed by atoms with Gasteiger partial charge in [-0.25, -0.2) is 0 Å². The van der Waals surface area contributed by atoms with Crippen molar-refractivity contribution in [1.29, 1.82) is 0 Å². The summed E-state index contributed by atoms with van der Waals surface area (Å²) in [6.45, 7) is 8.17. The summed E-state index contributed by atoms with van der Waals surface area (Å²) < 4.78 is 1.91. The highest BCUT2D eigenvalue weighted by molar-refractivity contribution is 5.92. The molecule has 1 saturated heterocycles. The van der Waals surface area contributed by atoms with Crippen LogP contribution in [0.1, 0.15) is 60.5 Å². The van der Waals surface area contributed by atoms with Crippen LogP contribution in [0.2, 0.25) is 0 Å². The van der Waals surface area contributed by atoms with E-state index in [0.29, 0.717) is 11.7 Å². The van der Waals surface area contributed by atoms with E-state index in [-0.39, 0.29) is 17.9 Å². The summed E-state index contributed by atoms with van der Waals surface area (Å²) in [7, 11) is 0. The van der Waals surface area contributed by atoms with Crippen LogP contribution in [0, 0.1) is 12.8 Å². The highest BCUT2D eigenvalue weighted by Crippen LogP contribution is 2.23. The smallest absolute Gasteiger partial charge is 0.272 e. The number of carbonyl (C=O) groups is 1. The zero-order valence-corrected chi connectivity index (χ0v) is 15.2. The Morgan fingerprint density at radius 3 is 2.92 bits per heavy atom. The van der Waals surface area contributed by atoms with Gasteiger partial charge in [0.05, 0.1) is 17.8 Å². The van der Waals surface area contributed by atoms with E-state index in [1.54, 1.807) is 12.3 Å². The second-order valence-corrected chi connectivity index (χ2v) is 7.08. The lowest BCUT2D eigenvalue weighted by atomic mass is 9.97. The first-order chi connectivity index (χ1) is 12.1. The molecule has 2 unspecified atom stereocenters. The largest absolute Gasteiger partial charge is 0.342 e. The third kappa shape index (κ3) is 4.07. The molecule has 2 N–H and O–H groups in total. The van der Waals surface area contributed by atoms with Gasteiger partial charge < -0.3 is 10.6 Å². The molecule has 2 aromatic heterocycles. The Labute approximate surface area is 149 Å². The Bertz CT molecular complexity index is 718. The third-order valence-corrected chi connectivity index (χ3v) is 4.78. The Morgan fingerprint density at radius 1 is 1.40 bits per heavy atom. The van der Waals surface area contributed by atoms with Crippen LogP contribution in [0.5, 0.6) is 0 Å². The third-order valence-electron chi connectivity index (χ3n) is 4.78. The Hall–Kier alpha value is -2.21. The second kappa shape index (κ2) is 7.78. The number of rotatable bonds is 5. The van der Waals surface area contributed by atoms with Crippen molar-refractivity contribution in [3.63, 3.8) is 0 Å². The number of hydrogen-bond donors (Lipinski definition) is 2. The van der Waals surface area contributed by atoms with Crippen molar-refractivity contribution in [1.82, 2.24) is 25.4 Å². The molecule has 0 aliphatic carbocycles. The molecule has 1 fully saturated rings. The first kappa shape index (κ1) is 17.6. The summed E-state index contributed by atoms with van der Waals surface area (Å²) in [6.07, 6.45) is 5.91. The van der Waals surface area contributed by atoms with Crippen molar-refractivity contribution in [3.8, 4) is 0 Å². The fourth-order valence-electron chi connectivity index (χ4n) is 3.31. The van der Waals surface area contributed by atoms with Crippen LogP contribution < -0.4 is 10.6 Å². The second-order valence-electron chi connectivity index (χ2n) is 7.08. The van der Waals surface area contributed by atoms with Gasteiger partial charge in [0.1, 0.15) is 5.69 Å². The van der Waals surface area contributed by atoms with Crippen LogP contribution in [0.3, 0.4) is 0 Å². The highest BCUT2D eigenvalue weighted by Gasteiger charge is 2.24. The fourth-order valence-corrected chi connectivity index (χ4v) is 3.31. The molecule has 25 heavy (non-hydrogen) atoms. The van der Waals surface area contributed by atoms with Crippen molar-refractivity contribution in [2.24, 2.45) is 5.92 Å². The maximum atomic E-state index is 12.7. The van der Waals surface area contributed by atoms with Gasteiger partial charge in [0.2, 0.25) is 0 Å². The summed E-state index contributed by atoms with van der Waals surface area (Å²) in [5.74, 6) is 0.0912. The Balaban J connectivity index is 1.74. The normalized spacial score (nSPS) is 19.0. The lowest BCUT2D eigenvalue weighted by Crippen LogP contribution is -2.34. The number of hydrogen-bond acceptors (Lipinski definition) is 4. The number of nitrogens with one attached hydrogen (secondary N) is 2. The number of carbonyl (C=O) groups excluding carboxylic acids is 1. The van der Waals surface area contributed by atoms with Crippen LogP contribution >= 0.6 is 0 Å². The monoisotopic (exact) mass is 341 g/mol. The van der Waals surface area contributed by atoms with Gasteiger partial charge in [-0.1, -0.05) is 19.9 Å². The number of nitrogens with zero attached hydrogens (tertiary/aromatic N) is 3. The lowest BCUT2D eigenvalue weighted by molar-refractivity contribution is 0.0917. The molecule has 0 aromatic carbocycles. The quantitative estimate of drug-likeness (QED) is 0.877. The standard InChI is InChI=1S/C19H27N5O/c1-13(2)17(18-14(3)6-4-10-21-18)22-19(25)16-8-11-24(23-16)15-7-5-9-20-12-15/h4,6,8,10-11,13,15,17,20H,5,7,9,12H2,1-3H3,(H,22,25). The molecule has 0 bridgehead atoms. The molecular weight excluding hydrogens is 314 g/mol. The molecule has 1 aliphatic heterocycles. The number of amides is 1. The van der Waals surface area contributed by atoms with Crippen molar-refractivity contribution in [2.45, 2.75) is 45.7 Å². The topological polar surface area (TPSA) is 71.8 Å². The molecule has 6 nitrogen and oxygen atoms in total. The highest BCUT2D eigenvalue weighted by atomic mass is 16.2. The van der Waals surface area contributed by atoms with E-state index in [2.05, 4.69) is 34.6 Å². The predicted molar refractivity (Wildman–Crippen MR) is 97.4 cm³/mol. The van der Waals surface area contributed by atoms with E-state index in [1.807, 2.05) is 29.9 Å². The van der Waals surface area contributed by atoms with E-state index in [4.69, 9.17) is 0 Å². The molecule has 3 rings (SSSR count). The fraction of sp³-hybridized carbons (Fsp3) is 0.526. The average molecular weight is 341 g/mol. The minimum absolute atomic E-state index is 0.129. The Morgan fingerprint density at radius 2 is 2.24 bits per heavy atom. The molecule has 134 valence electrons. The number of pyridine rings is 1. The summed E-state index contributed by atoms with van der Waals surface area (Å²) in [4.78, 5) is 17.2. The molecule has 2 aromatic rings. The van der Waals surface area contributed by atoms with E-state index < -0.39 is 0 Å². The van der Waals surface area contributed by atoms with Crippen LogP contribution in [-0.2, 0) is 0 Å². The van der Waals surface area contributed by atoms with Gasteiger partial charge in [-0.05, 0) is 49.9 Å². The van der Waals surface area contributed by atoms with E-state index in [9.17, 15) is 4.79 Å². The van der Waals surface area contributed by atoms with Crippen LogP contribution in [0.15, 0.2) is 30.6 Å². The summed E-state index contributed by atoms with van der Waals surface area (Å²) in [5.41, 5.74) is 2.46. The van der Waals surface area contributed by atoms with Gasteiger partial charge in [0, 0.05) is 18.9 Å². The average Bonchev–Trinajstić information content (AvgIpc) is 3.11. The minimum atomic E-state index is -0.147. The van der Waals surface area contributed by atoms with Crippen LogP contribution in [0.4, 0.5) is 0 Å². The molecule has 1 aliphatic rings. The van der Waals surface area contributed by atoms with Gasteiger partial charge in [-0.15, -0.1) is 0 Å². The summed E-state index contributed by atoms with van der Waals surface area (Å²) in [6, 6.07) is 5.93. The van der Waals surface area contributed by atoms with E-state index in [1.165, 1.54) is 0 Å². The molecule has 3 heterocycles. The molecular formula is C19H27N5O. The van der Waals surface area contributed by atoms with Crippen molar-refractivity contribution in [2.75, 3.05) is 13.1 Å². The number of aryl methyl sites for hydroxylation is 1. The van der Waals surface area contributed by atoms with Crippen molar-refractivity contribution < 1.29 is 4.79 Å². The molecule has 0 spiro atoms. The van der Waals surface area contributed by atoms with E-state index >= 15 is 0 Å². The maximum Gasteiger partial charge on any atom is 0.272 e. The maximum absolute atomic E-state index is 12.7. The predicted octanol–water partition coefficient (Wildman–Crippen LogP) is 2.64. The zero-order valence-electron chi connectivity index (χ0n) is 15.2. The molecule has 6 heteroatoms. The molecule has 0 radical (unpaired) electrons. The molecule has 1 amide bonds. The van der Waals surface area contributed by atoms with Crippen molar-refractivity contribution >= 4 is 5.91 Å².